The number of hydrogen-bond donors (Lipinski definition) is 1. The molecule has 0 amide bonds. The molecule has 1 unspecified atom stereocenters. The van der Waals surface area contributed by atoms with Crippen LogP contribution in [0.5, 0.6) is 0 Å². The van der Waals surface area contributed by atoms with Crippen LogP contribution in [-0.4, -0.2) is 17.3 Å². The van der Waals surface area contributed by atoms with Gasteiger partial charge in [-0.2, -0.15) is 0 Å². The average molecular weight is 286 g/mol. The summed E-state index contributed by atoms with van der Waals surface area (Å²) in [5.74, 6) is 1.03. The number of aryl methyl sites for hydroxylation is 1. The van der Waals surface area contributed by atoms with Crippen LogP contribution in [0, 0.1) is 6.92 Å². The number of nitrogens with zero attached hydrogens (tertiary/aromatic N) is 1. The van der Waals surface area contributed by atoms with Crippen LogP contribution < -0.4 is 5.32 Å². The van der Waals surface area contributed by atoms with Crippen molar-refractivity contribution < 1.29 is 0 Å². The highest BCUT2D eigenvalue weighted by Gasteiger charge is 2.10. The first kappa shape index (κ1) is 15.1. The van der Waals surface area contributed by atoms with E-state index in [1.165, 1.54) is 16.0 Å². The molecular formula is C17H22N2S. The summed E-state index contributed by atoms with van der Waals surface area (Å²) >= 11 is 1.88. The van der Waals surface area contributed by atoms with E-state index < -0.39 is 0 Å². The molecule has 0 spiro atoms. The van der Waals surface area contributed by atoms with E-state index in [-0.39, 0.29) is 0 Å². The first-order valence-corrected chi connectivity index (χ1v) is 8.11. The summed E-state index contributed by atoms with van der Waals surface area (Å²) < 4.78 is 0. The predicted octanol–water partition coefficient (Wildman–Crippen LogP) is 4.22. The van der Waals surface area contributed by atoms with Crippen molar-refractivity contribution >= 4 is 11.8 Å². The summed E-state index contributed by atoms with van der Waals surface area (Å²) in [6.45, 7) is 5.38. The molecule has 1 aromatic carbocycles. The largest absolute Gasteiger partial charge is 0.309 e. The average Bonchev–Trinajstić information content (AvgIpc) is 2.50. The van der Waals surface area contributed by atoms with Crippen LogP contribution in [0.1, 0.15) is 30.5 Å². The zero-order valence-electron chi connectivity index (χ0n) is 12.2. The number of pyridine rings is 1. The van der Waals surface area contributed by atoms with Gasteiger partial charge in [-0.05, 0) is 37.6 Å². The van der Waals surface area contributed by atoms with Gasteiger partial charge in [-0.1, -0.05) is 36.8 Å². The molecule has 0 bridgehead atoms. The lowest BCUT2D eigenvalue weighted by Crippen LogP contribution is -2.24. The molecule has 0 aliphatic carbocycles. The maximum absolute atomic E-state index is 4.06. The van der Waals surface area contributed by atoms with Gasteiger partial charge in [-0.25, -0.2) is 0 Å². The molecule has 0 fully saturated rings. The number of aromatic nitrogens is 1. The Labute approximate surface area is 126 Å². The van der Waals surface area contributed by atoms with E-state index in [0.29, 0.717) is 6.04 Å². The molecule has 1 aromatic heterocycles. The smallest absolute Gasteiger partial charge is 0.0415 e. The van der Waals surface area contributed by atoms with Crippen LogP contribution in [0.4, 0.5) is 0 Å². The predicted molar refractivity (Wildman–Crippen MR) is 87.2 cm³/mol. The van der Waals surface area contributed by atoms with Gasteiger partial charge in [0.05, 0.1) is 0 Å². The zero-order chi connectivity index (χ0) is 14.2. The summed E-state index contributed by atoms with van der Waals surface area (Å²) in [6, 6.07) is 13.4. The fourth-order valence-corrected chi connectivity index (χ4v) is 2.99. The van der Waals surface area contributed by atoms with E-state index >= 15 is 0 Å². The highest BCUT2D eigenvalue weighted by molar-refractivity contribution is 7.99. The molecule has 0 radical (unpaired) electrons. The van der Waals surface area contributed by atoms with Gasteiger partial charge < -0.3 is 5.32 Å². The molecule has 2 aromatic rings. The highest BCUT2D eigenvalue weighted by Crippen LogP contribution is 2.24. The van der Waals surface area contributed by atoms with Crippen LogP contribution in [0.2, 0.25) is 0 Å². The molecule has 3 heteroatoms. The Kier molecular flexibility index (Phi) is 6.09. The van der Waals surface area contributed by atoms with Crippen molar-refractivity contribution in [3.8, 4) is 0 Å². The molecule has 20 heavy (non-hydrogen) atoms. The van der Waals surface area contributed by atoms with Crippen molar-refractivity contribution in [1.82, 2.24) is 10.3 Å². The number of rotatable bonds is 7. The third-order valence-electron chi connectivity index (χ3n) is 3.19. The van der Waals surface area contributed by atoms with Gasteiger partial charge in [-0.15, -0.1) is 11.8 Å². The topological polar surface area (TPSA) is 24.9 Å². The van der Waals surface area contributed by atoms with Gasteiger partial charge in [0, 0.05) is 29.1 Å². The maximum atomic E-state index is 4.06. The minimum Gasteiger partial charge on any atom is -0.309 e. The first-order valence-electron chi connectivity index (χ1n) is 7.12. The molecule has 0 saturated heterocycles. The molecule has 1 heterocycles. The van der Waals surface area contributed by atoms with Crippen molar-refractivity contribution in [3.05, 3.63) is 59.9 Å². The zero-order valence-corrected chi connectivity index (χ0v) is 13.0. The Bertz CT molecular complexity index is 496. The van der Waals surface area contributed by atoms with Gasteiger partial charge in [0.25, 0.3) is 0 Å². The number of benzene rings is 1. The van der Waals surface area contributed by atoms with E-state index in [1.807, 2.05) is 24.2 Å². The Morgan fingerprint density at radius 1 is 1.10 bits per heavy atom. The molecule has 106 valence electrons. The Morgan fingerprint density at radius 2 is 1.80 bits per heavy atom. The fraction of sp³-hybridized carbons (Fsp3) is 0.353. The molecule has 0 saturated carbocycles. The minimum absolute atomic E-state index is 0.397. The maximum Gasteiger partial charge on any atom is 0.0415 e. The Hall–Kier alpha value is -1.32. The Balaban J connectivity index is 2.01. The van der Waals surface area contributed by atoms with E-state index in [1.54, 1.807) is 0 Å². The standard InChI is InChI=1S/C17H22N2S/c1-3-10-19-17(15-6-4-14(2)5-7-15)13-20-16-8-11-18-12-9-16/h4-9,11-12,17,19H,3,10,13H2,1-2H3. The summed E-state index contributed by atoms with van der Waals surface area (Å²) in [5.41, 5.74) is 2.68. The molecule has 1 atom stereocenters. The lowest BCUT2D eigenvalue weighted by atomic mass is 10.1. The third kappa shape index (κ3) is 4.66. The van der Waals surface area contributed by atoms with Gasteiger partial charge in [0.1, 0.15) is 0 Å². The van der Waals surface area contributed by atoms with Gasteiger partial charge in [0.15, 0.2) is 0 Å². The van der Waals surface area contributed by atoms with Crippen molar-refractivity contribution in [1.29, 1.82) is 0 Å². The number of nitrogens with one attached hydrogen (secondary N) is 1. The second-order valence-electron chi connectivity index (χ2n) is 4.91. The molecule has 2 nitrogen and oxygen atoms in total. The summed E-state index contributed by atoms with van der Waals surface area (Å²) in [4.78, 5) is 5.33. The van der Waals surface area contributed by atoms with Crippen LogP contribution in [0.25, 0.3) is 0 Å². The van der Waals surface area contributed by atoms with Crippen LogP contribution in [0.3, 0.4) is 0 Å². The fourth-order valence-electron chi connectivity index (χ4n) is 2.00. The summed E-state index contributed by atoms with van der Waals surface area (Å²) in [6.07, 6.45) is 4.85. The third-order valence-corrected chi connectivity index (χ3v) is 4.29. The van der Waals surface area contributed by atoms with E-state index in [0.717, 1.165) is 18.7 Å². The summed E-state index contributed by atoms with van der Waals surface area (Å²) in [7, 11) is 0. The van der Waals surface area contributed by atoms with Crippen molar-refractivity contribution in [2.75, 3.05) is 12.3 Å². The second kappa shape index (κ2) is 8.08. The molecule has 0 aliphatic rings. The van der Waals surface area contributed by atoms with Crippen LogP contribution >= 0.6 is 11.8 Å². The van der Waals surface area contributed by atoms with Gasteiger partial charge in [0.2, 0.25) is 0 Å². The molecular weight excluding hydrogens is 264 g/mol. The van der Waals surface area contributed by atoms with E-state index in [4.69, 9.17) is 0 Å². The number of hydrogen-bond acceptors (Lipinski definition) is 3. The monoisotopic (exact) mass is 286 g/mol. The lowest BCUT2D eigenvalue weighted by Gasteiger charge is -2.19. The van der Waals surface area contributed by atoms with Crippen molar-refractivity contribution in [2.24, 2.45) is 0 Å². The first-order chi connectivity index (χ1) is 9.79. The summed E-state index contributed by atoms with van der Waals surface area (Å²) in [5, 5.41) is 3.64. The molecule has 2 rings (SSSR count). The van der Waals surface area contributed by atoms with Crippen LogP contribution in [-0.2, 0) is 0 Å². The molecule has 0 aliphatic heterocycles. The van der Waals surface area contributed by atoms with Gasteiger partial charge in [-0.3, -0.25) is 4.98 Å². The molecule has 1 N–H and O–H groups in total. The second-order valence-corrected chi connectivity index (χ2v) is 6.00. The van der Waals surface area contributed by atoms with Crippen molar-refractivity contribution in [2.45, 2.75) is 31.2 Å². The van der Waals surface area contributed by atoms with Crippen LogP contribution in [0.15, 0.2) is 53.7 Å². The SMILES string of the molecule is CCCNC(CSc1ccncc1)c1ccc(C)cc1. The normalized spacial score (nSPS) is 12.3. The van der Waals surface area contributed by atoms with E-state index in [9.17, 15) is 0 Å². The number of thioether (sulfide) groups is 1. The Morgan fingerprint density at radius 3 is 2.45 bits per heavy atom. The highest BCUT2D eigenvalue weighted by atomic mass is 32.2. The minimum atomic E-state index is 0.397. The van der Waals surface area contributed by atoms with Gasteiger partial charge >= 0.3 is 0 Å². The van der Waals surface area contributed by atoms with Crippen molar-refractivity contribution in [3.63, 3.8) is 0 Å². The lowest BCUT2D eigenvalue weighted by molar-refractivity contribution is 0.577. The quantitative estimate of drug-likeness (QED) is 0.771. The van der Waals surface area contributed by atoms with E-state index in [2.05, 4.69) is 60.5 Å².